The van der Waals surface area contributed by atoms with E-state index in [-0.39, 0.29) is 0 Å². The van der Waals surface area contributed by atoms with E-state index in [1.807, 2.05) is 109 Å². The summed E-state index contributed by atoms with van der Waals surface area (Å²) < 4.78 is 0. The van der Waals surface area contributed by atoms with Crippen molar-refractivity contribution in [2.24, 2.45) is 0 Å². The van der Waals surface area contributed by atoms with Gasteiger partial charge in [0, 0.05) is 27.8 Å². The van der Waals surface area contributed by atoms with Crippen LogP contribution in [0.15, 0.2) is 133 Å². The molecule has 4 nitrogen and oxygen atoms in total. The average Bonchev–Trinajstić information content (AvgIpc) is 2.98. The number of rotatable bonds is 5. The minimum absolute atomic E-state index is 0.639. The third kappa shape index (κ3) is 4.52. The largest absolute Gasteiger partial charge is 0.248 e. The van der Waals surface area contributed by atoms with Crippen molar-refractivity contribution in [3.63, 3.8) is 0 Å². The quantitative estimate of drug-likeness (QED) is 0.265. The summed E-state index contributed by atoms with van der Waals surface area (Å²) >= 11 is 0. The van der Waals surface area contributed by atoms with Crippen LogP contribution in [0.3, 0.4) is 0 Å². The van der Waals surface area contributed by atoms with Crippen molar-refractivity contribution in [3.05, 3.63) is 133 Å². The summed E-state index contributed by atoms with van der Waals surface area (Å²) in [6, 6.07) is 44.6. The normalized spacial score (nSPS) is 10.8. The molecule has 6 rings (SSSR count). The van der Waals surface area contributed by atoms with Crippen molar-refractivity contribution in [2.45, 2.75) is 0 Å². The molecule has 2 aromatic heterocycles. The molecule has 0 aliphatic rings. The van der Waals surface area contributed by atoms with Crippen LogP contribution < -0.4 is 0 Å². The number of hydrogen-bond acceptors (Lipinski definition) is 4. The van der Waals surface area contributed by atoms with E-state index >= 15 is 0 Å². The highest BCUT2D eigenvalue weighted by atomic mass is 15.0. The first-order chi connectivity index (χ1) is 17.8. The number of nitrogens with zero attached hydrogens (tertiary/aromatic N) is 4. The molecule has 36 heavy (non-hydrogen) atoms. The molecule has 6 aromatic rings. The predicted molar refractivity (Wildman–Crippen MR) is 145 cm³/mol. The van der Waals surface area contributed by atoms with E-state index in [1.165, 1.54) is 0 Å². The minimum Gasteiger partial charge on any atom is -0.248 e. The van der Waals surface area contributed by atoms with Gasteiger partial charge >= 0.3 is 0 Å². The van der Waals surface area contributed by atoms with Gasteiger partial charge in [-0.05, 0) is 12.1 Å². The molecule has 4 heteroatoms. The van der Waals surface area contributed by atoms with E-state index in [0.717, 1.165) is 39.2 Å². The van der Waals surface area contributed by atoms with E-state index in [4.69, 9.17) is 19.9 Å². The van der Waals surface area contributed by atoms with Gasteiger partial charge in [0.15, 0.2) is 17.5 Å². The Bertz CT molecular complexity index is 1540. The maximum absolute atomic E-state index is 4.88. The summed E-state index contributed by atoms with van der Waals surface area (Å²) in [5.41, 5.74) is 6.85. The van der Waals surface area contributed by atoms with Gasteiger partial charge in [-0.1, -0.05) is 121 Å². The first-order valence-electron chi connectivity index (χ1n) is 11.8. The van der Waals surface area contributed by atoms with Crippen LogP contribution in [0.2, 0.25) is 0 Å². The number of pyridine rings is 1. The number of aromatic nitrogens is 4. The third-order valence-corrected chi connectivity index (χ3v) is 5.96. The Balaban J connectivity index is 1.38. The van der Waals surface area contributed by atoms with Crippen molar-refractivity contribution < 1.29 is 0 Å². The molecule has 0 atom stereocenters. The fourth-order valence-corrected chi connectivity index (χ4v) is 4.09. The molecule has 0 aliphatic carbocycles. The topological polar surface area (TPSA) is 51.6 Å². The van der Waals surface area contributed by atoms with Crippen molar-refractivity contribution in [1.29, 1.82) is 0 Å². The van der Waals surface area contributed by atoms with Gasteiger partial charge in [0.1, 0.15) is 0 Å². The zero-order chi connectivity index (χ0) is 24.2. The second kappa shape index (κ2) is 9.72. The van der Waals surface area contributed by atoms with Gasteiger partial charge < -0.3 is 0 Å². The maximum Gasteiger partial charge on any atom is 0.164 e. The molecule has 0 aliphatic heterocycles. The molecule has 0 radical (unpaired) electrons. The highest BCUT2D eigenvalue weighted by molar-refractivity contribution is 5.70. The lowest BCUT2D eigenvalue weighted by Crippen LogP contribution is -2.00. The molecule has 0 fully saturated rings. The van der Waals surface area contributed by atoms with Crippen molar-refractivity contribution in [1.82, 2.24) is 19.9 Å². The molecular formula is C32H22N4. The van der Waals surface area contributed by atoms with Crippen LogP contribution in [0.5, 0.6) is 0 Å². The highest BCUT2D eigenvalue weighted by Gasteiger charge is 2.12. The lowest BCUT2D eigenvalue weighted by Gasteiger charge is -2.09. The lowest BCUT2D eigenvalue weighted by molar-refractivity contribution is 1.07. The Kier molecular flexibility index (Phi) is 5.83. The lowest BCUT2D eigenvalue weighted by atomic mass is 10.1. The average molecular weight is 463 g/mol. The van der Waals surface area contributed by atoms with Crippen LogP contribution >= 0.6 is 0 Å². The SMILES string of the molecule is c1ccc(-c2cccc(-c3ccc(-c4nc(-c5ccccc5)nc(-c5ccccc5)n4)cc3)n2)cc1. The second-order valence-corrected chi connectivity index (χ2v) is 8.39. The number of hydrogen-bond donors (Lipinski definition) is 0. The predicted octanol–water partition coefficient (Wildman–Crippen LogP) is 7.60. The van der Waals surface area contributed by atoms with Crippen LogP contribution in [0.25, 0.3) is 56.7 Å². The molecule has 0 bridgehead atoms. The van der Waals surface area contributed by atoms with Gasteiger partial charge in [-0.25, -0.2) is 19.9 Å². The second-order valence-electron chi connectivity index (χ2n) is 8.39. The van der Waals surface area contributed by atoms with Gasteiger partial charge in [0.05, 0.1) is 11.4 Å². The summed E-state index contributed by atoms with van der Waals surface area (Å²) in [7, 11) is 0. The van der Waals surface area contributed by atoms with E-state index in [2.05, 4.69) is 24.3 Å². The Morgan fingerprint density at radius 3 is 1.03 bits per heavy atom. The Hall–Kier alpha value is -4.96. The maximum atomic E-state index is 4.88. The van der Waals surface area contributed by atoms with Gasteiger partial charge in [0.25, 0.3) is 0 Å². The fraction of sp³-hybridized carbons (Fsp3) is 0. The standard InChI is InChI=1S/C32H22N4/c1-4-11-23(12-5-1)28-17-10-18-29(33-28)24-19-21-27(22-20-24)32-35-30(25-13-6-2-7-14-25)34-31(36-32)26-15-8-3-9-16-26/h1-22H. The zero-order valence-electron chi connectivity index (χ0n) is 19.5. The molecular weight excluding hydrogens is 440 g/mol. The molecule has 0 amide bonds. The number of benzene rings is 4. The highest BCUT2D eigenvalue weighted by Crippen LogP contribution is 2.27. The van der Waals surface area contributed by atoms with Crippen molar-refractivity contribution in [3.8, 4) is 56.7 Å². The third-order valence-electron chi connectivity index (χ3n) is 5.96. The summed E-state index contributed by atoms with van der Waals surface area (Å²) in [4.78, 5) is 19.3. The molecule has 0 saturated heterocycles. The minimum atomic E-state index is 0.639. The molecule has 0 saturated carbocycles. The summed E-state index contributed by atoms with van der Waals surface area (Å²) in [5.74, 6) is 1.95. The summed E-state index contributed by atoms with van der Waals surface area (Å²) in [6.07, 6.45) is 0. The van der Waals surface area contributed by atoms with E-state index in [1.54, 1.807) is 0 Å². The summed E-state index contributed by atoms with van der Waals surface area (Å²) in [5, 5.41) is 0. The molecule has 170 valence electrons. The zero-order valence-corrected chi connectivity index (χ0v) is 19.5. The molecule has 4 aromatic carbocycles. The fourth-order valence-electron chi connectivity index (χ4n) is 4.09. The van der Waals surface area contributed by atoms with E-state index in [9.17, 15) is 0 Å². The van der Waals surface area contributed by atoms with Crippen LogP contribution in [0.1, 0.15) is 0 Å². The van der Waals surface area contributed by atoms with Gasteiger partial charge in [-0.2, -0.15) is 0 Å². The van der Waals surface area contributed by atoms with E-state index in [0.29, 0.717) is 17.5 Å². The van der Waals surface area contributed by atoms with Crippen LogP contribution in [-0.2, 0) is 0 Å². The monoisotopic (exact) mass is 462 g/mol. The Morgan fingerprint density at radius 2 is 0.583 bits per heavy atom. The van der Waals surface area contributed by atoms with Crippen LogP contribution in [0.4, 0.5) is 0 Å². The van der Waals surface area contributed by atoms with Crippen LogP contribution in [0, 0.1) is 0 Å². The smallest absolute Gasteiger partial charge is 0.164 e. The van der Waals surface area contributed by atoms with Gasteiger partial charge in [-0.3, -0.25) is 0 Å². The summed E-state index contributed by atoms with van der Waals surface area (Å²) in [6.45, 7) is 0. The van der Waals surface area contributed by atoms with E-state index < -0.39 is 0 Å². The van der Waals surface area contributed by atoms with Crippen molar-refractivity contribution in [2.75, 3.05) is 0 Å². The molecule has 0 spiro atoms. The van der Waals surface area contributed by atoms with Crippen molar-refractivity contribution >= 4 is 0 Å². The molecule has 0 N–H and O–H groups in total. The van der Waals surface area contributed by atoms with Gasteiger partial charge in [-0.15, -0.1) is 0 Å². The first-order valence-corrected chi connectivity index (χ1v) is 11.8. The van der Waals surface area contributed by atoms with Crippen LogP contribution in [-0.4, -0.2) is 19.9 Å². The molecule has 2 heterocycles. The first kappa shape index (κ1) is 21.6. The van der Waals surface area contributed by atoms with Gasteiger partial charge in [0.2, 0.25) is 0 Å². The molecule has 0 unspecified atom stereocenters. The Morgan fingerprint density at radius 1 is 0.250 bits per heavy atom. The Labute approximate surface area is 210 Å².